The second-order valence-corrected chi connectivity index (χ2v) is 12.8. The van der Waals surface area contributed by atoms with Gasteiger partial charge < -0.3 is 10.2 Å². The van der Waals surface area contributed by atoms with E-state index >= 15 is 0 Å². The van der Waals surface area contributed by atoms with Crippen LogP contribution in [0.3, 0.4) is 0 Å². The van der Waals surface area contributed by atoms with E-state index in [-0.39, 0.29) is 11.8 Å². The summed E-state index contributed by atoms with van der Waals surface area (Å²) in [4.78, 5) is 16.1. The number of hydrogen-bond donors (Lipinski definition) is 1. The first-order valence-corrected chi connectivity index (χ1v) is 16.4. The zero-order valence-corrected chi connectivity index (χ0v) is 27.0. The smallest absolute Gasteiger partial charge is 0.228 e. The minimum Gasteiger partial charge on any atom is -0.308 e. The zero-order valence-electron chi connectivity index (χ0n) is 25.5. The van der Waals surface area contributed by atoms with Gasteiger partial charge >= 0.3 is 0 Å². The molecule has 0 atom stereocenters. The standard InChI is InChI=1S/C39H34Cl2N4O/c1-44-24-22-27(23-25-44)38(46)42-37-33-26-28(32-18-11-19-34(40)36(32)41)20-21-35(33)45(43-37)39(29-12-5-2-6-13-29,30-14-7-3-8-15-30)31-16-9-4-10-17-31/h2-21,26-27H,22-25H2,1H3,(H,42,43,46). The topological polar surface area (TPSA) is 50.2 Å². The summed E-state index contributed by atoms with van der Waals surface area (Å²) in [6, 6.07) is 43.1. The Morgan fingerprint density at radius 2 is 1.33 bits per heavy atom. The van der Waals surface area contributed by atoms with Crippen LogP contribution < -0.4 is 5.32 Å². The highest BCUT2D eigenvalue weighted by Gasteiger charge is 2.41. The van der Waals surface area contributed by atoms with Crippen LogP contribution in [0.25, 0.3) is 22.0 Å². The second-order valence-electron chi connectivity index (χ2n) is 12.0. The summed E-state index contributed by atoms with van der Waals surface area (Å²) in [6.45, 7) is 1.79. The largest absolute Gasteiger partial charge is 0.308 e. The molecule has 0 bridgehead atoms. The molecule has 5 nitrogen and oxygen atoms in total. The maximum Gasteiger partial charge on any atom is 0.228 e. The Kier molecular flexibility index (Phi) is 8.39. The lowest BCUT2D eigenvalue weighted by molar-refractivity contribution is -0.121. The first kappa shape index (κ1) is 30.2. The molecular formula is C39H34Cl2N4O. The molecular weight excluding hydrogens is 611 g/mol. The third kappa shape index (κ3) is 5.39. The van der Waals surface area contributed by atoms with Crippen LogP contribution in [0.1, 0.15) is 29.5 Å². The number of likely N-dealkylation sites (tertiary alicyclic amines) is 1. The van der Waals surface area contributed by atoms with Gasteiger partial charge in [-0.05, 0) is 73.4 Å². The minimum absolute atomic E-state index is 0.00410. The molecule has 0 spiro atoms. The van der Waals surface area contributed by atoms with E-state index in [9.17, 15) is 4.79 Å². The molecule has 230 valence electrons. The molecule has 1 saturated heterocycles. The van der Waals surface area contributed by atoms with Crippen LogP contribution in [-0.2, 0) is 10.3 Å². The number of hydrogen-bond acceptors (Lipinski definition) is 3. The number of carbonyl (C=O) groups excluding carboxylic acids is 1. The summed E-state index contributed by atoms with van der Waals surface area (Å²) < 4.78 is 2.08. The van der Waals surface area contributed by atoms with Crippen molar-refractivity contribution in [1.29, 1.82) is 0 Å². The van der Waals surface area contributed by atoms with Crippen LogP contribution in [0.4, 0.5) is 5.82 Å². The van der Waals surface area contributed by atoms with Gasteiger partial charge in [-0.15, -0.1) is 0 Å². The molecule has 0 unspecified atom stereocenters. The normalized spacial score (nSPS) is 14.4. The molecule has 1 N–H and O–H groups in total. The van der Waals surface area contributed by atoms with E-state index in [2.05, 4.69) is 107 Å². The monoisotopic (exact) mass is 644 g/mol. The van der Waals surface area contributed by atoms with Gasteiger partial charge in [0.25, 0.3) is 0 Å². The van der Waals surface area contributed by atoms with E-state index in [1.165, 1.54) is 0 Å². The average Bonchev–Trinajstić information content (AvgIpc) is 3.45. The van der Waals surface area contributed by atoms with Gasteiger partial charge in [0.15, 0.2) is 5.82 Å². The summed E-state index contributed by atoms with van der Waals surface area (Å²) in [5.74, 6) is 0.436. The average molecular weight is 646 g/mol. The predicted octanol–water partition coefficient (Wildman–Crippen LogP) is 9.13. The molecule has 1 fully saturated rings. The molecule has 7 heteroatoms. The fraction of sp³-hybridized carbons (Fsp3) is 0.179. The van der Waals surface area contributed by atoms with E-state index in [4.69, 9.17) is 28.3 Å². The number of nitrogens with one attached hydrogen (secondary N) is 1. The Bertz CT molecular complexity index is 1890. The Morgan fingerprint density at radius 3 is 1.89 bits per heavy atom. The number of aromatic nitrogens is 2. The Balaban J connectivity index is 1.51. The first-order valence-electron chi connectivity index (χ1n) is 15.6. The van der Waals surface area contributed by atoms with Gasteiger partial charge in [0.2, 0.25) is 5.91 Å². The van der Waals surface area contributed by atoms with Crippen molar-refractivity contribution in [3.8, 4) is 11.1 Å². The van der Waals surface area contributed by atoms with Crippen LogP contribution in [0.15, 0.2) is 127 Å². The Morgan fingerprint density at radius 1 is 0.761 bits per heavy atom. The third-order valence-electron chi connectivity index (χ3n) is 9.17. The van der Waals surface area contributed by atoms with Crippen LogP contribution >= 0.6 is 23.2 Å². The number of rotatable bonds is 7. The van der Waals surface area contributed by atoms with Crippen molar-refractivity contribution < 1.29 is 4.79 Å². The van der Waals surface area contributed by atoms with Crippen molar-refractivity contribution in [3.63, 3.8) is 0 Å². The molecule has 1 aliphatic heterocycles. The Hall–Kier alpha value is -4.42. The van der Waals surface area contributed by atoms with Gasteiger partial charge in [-0.1, -0.05) is 132 Å². The van der Waals surface area contributed by atoms with E-state index < -0.39 is 5.54 Å². The van der Waals surface area contributed by atoms with Gasteiger partial charge in [-0.25, -0.2) is 4.68 Å². The molecule has 1 amide bonds. The SMILES string of the molecule is CN1CCC(C(=O)Nc2nn(C(c3ccccc3)(c3ccccc3)c3ccccc3)c3ccc(-c4cccc(Cl)c4Cl)cc23)CC1. The van der Waals surface area contributed by atoms with Crippen molar-refractivity contribution >= 4 is 45.8 Å². The summed E-state index contributed by atoms with van der Waals surface area (Å²) >= 11 is 13.1. The first-order chi connectivity index (χ1) is 22.5. The molecule has 7 rings (SSSR count). The van der Waals surface area contributed by atoms with Crippen molar-refractivity contribution in [3.05, 3.63) is 154 Å². The molecule has 0 radical (unpaired) electrons. The molecule has 1 aliphatic rings. The lowest BCUT2D eigenvalue weighted by Gasteiger charge is -2.37. The minimum atomic E-state index is -0.853. The molecule has 0 aliphatic carbocycles. The predicted molar refractivity (Wildman–Crippen MR) is 189 cm³/mol. The van der Waals surface area contributed by atoms with Crippen molar-refractivity contribution in [2.45, 2.75) is 18.4 Å². The number of amides is 1. The van der Waals surface area contributed by atoms with E-state index in [0.29, 0.717) is 15.9 Å². The summed E-state index contributed by atoms with van der Waals surface area (Å²) in [5.41, 5.74) is 4.87. The molecule has 0 saturated carbocycles. The van der Waals surface area contributed by atoms with Crippen molar-refractivity contribution in [2.75, 3.05) is 25.5 Å². The summed E-state index contributed by atoms with van der Waals surface area (Å²) in [5, 5.41) is 10.4. The van der Waals surface area contributed by atoms with Gasteiger partial charge in [-0.3, -0.25) is 4.79 Å². The molecule has 6 aromatic rings. The third-order valence-corrected chi connectivity index (χ3v) is 9.98. The number of carbonyl (C=O) groups is 1. The van der Waals surface area contributed by atoms with Gasteiger partial charge in [-0.2, -0.15) is 5.10 Å². The lowest BCUT2D eigenvalue weighted by atomic mass is 9.77. The van der Waals surface area contributed by atoms with Crippen LogP contribution in [-0.4, -0.2) is 40.7 Å². The second kappa shape index (κ2) is 12.8. The molecule has 46 heavy (non-hydrogen) atoms. The summed E-state index contributed by atoms with van der Waals surface area (Å²) in [6.07, 6.45) is 1.62. The van der Waals surface area contributed by atoms with E-state index in [0.717, 1.165) is 64.7 Å². The van der Waals surface area contributed by atoms with Gasteiger partial charge in [0.1, 0.15) is 5.54 Å². The van der Waals surface area contributed by atoms with Crippen molar-refractivity contribution in [1.82, 2.24) is 14.7 Å². The fourth-order valence-electron chi connectivity index (χ4n) is 6.75. The van der Waals surface area contributed by atoms with E-state index in [1.54, 1.807) is 6.07 Å². The number of piperidine rings is 1. The quantitative estimate of drug-likeness (QED) is 0.176. The maximum absolute atomic E-state index is 13.8. The van der Waals surface area contributed by atoms with Crippen LogP contribution in [0.5, 0.6) is 0 Å². The summed E-state index contributed by atoms with van der Waals surface area (Å²) in [7, 11) is 2.10. The number of benzene rings is 5. The zero-order chi connectivity index (χ0) is 31.7. The number of nitrogens with zero attached hydrogens (tertiary/aromatic N) is 3. The fourth-order valence-corrected chi connectivity index (χ4v) is 7.16. The highest BCUT2D eigenvalue weighted by atomic mass is 35.5. The number of halogens is 2. The van der Waals surface area contributed by atoms with Gasteiger partial charge in [0.05, 0.1) is 15.6 Å². The molecule has 1 aromatic heterocycles. The van der Waals surface area contributed by atoms with E-state index in [1.807, 2.05) is 36.4 Å². The van der Waals surface area contributed by atoms with Gasteiger partial charge in [0, 0.05) is 16.9 Å². The lowest BCUT2D eigenvalue weighted by Crippen LogP contribution is -2.39. The highest BCUT2D eigenvalue weighted by molar-refractivity contribution is 6.43. The Labute approximate surface area is 279 Å². The van der Waals surface area contributed by atoms with Crippen LogP contribution in [0.2, 0.25) is 10.0 Å². The molecule has 5 aromatic carbocycles. The maximum atomic E-state index is 13.8. The highest BCUT2D eigenvalue weighted by Crippen LogP contribution is 2.44. The number of fused-ring (bicyclic) bond motifs is 1. The van der Waals surface area contributed by atoms with Crippen LogP contribution in [0, 0.1) is 5.92 Å². The number of anilines is 1. The van der Waals surface area contributed by atoms with Crippen molar-refractivity contribution in [2.24, 2.45) is 5.92 Å². The molecule has 2 heterocycles.